The van der Waals surface area contributed by atoms with Crippen LogP contribution in [0.3, 0.4) is 0 Å². The summed E-state index contributed by atoms with van der Waals surface area (Å²) in [6, 6.07) is 12.0. The average molecular weight is 765 g/mol. The van der Waals surface area contributed by atoms with Crippen molar-refractivity contribution < 1.29 is 28.7 Å². The molecule has 4 atom stereocenters. The van der Waals surface area contributed by atoms with Gasteiger partial charge >= 0.3 is 12.2 Å². The van der Waals surface area contributed by atoms with Gasteiger partial charge in [-0.3, -0.25) is 9.59 Å². The molecular formula is C42H52N8O6. The molecule has 4 unspecified atom stereocenters. The number of aromatic nitrogens is 4. The highest BCUT2D eigenvalue weighted by atomic mass is 16.5. The van der Waals surface area contributed by atoms with Crippen LogP contribution in [-0.2, 0) is 19.1 Å². The fourth-order valence-electron chi connectivity index (χ4n) is 7.61. The molecule has 0 spiro atoms. The van der Waals surface area contributed by atoms with E-state index < -0.39 is 24.3 Å². The van der Waals surface area contributed by atoms with Crippen LogP contribution in [0.2, 0.25) is 0 Å². The van der Waals surface area contributed by atoms with Crippen molar-refractivity contribution in [2.24, 2.45) is 11.8 Å². The molecular weight excluding hydrogens is 713 g/mol. The number of hydrogen-bond donors (Lipinski definition) is 4. The molecule has 2 aromatic carbocycles. The fourth-order valence-corrected chi connectivity index (χ4v) is 7.61. The molecule has 14 nitrogen and oxygen atoms in total. The number of rotatable bonds is 11. The summed E-state index contributed by atoms with van der Waals surface area (Å²) < 4.78 is 9.56. The number of aromatic amines is 2. The summed E-state index contributed by atoms with van der Waals surface area (Å²) in [4.78, 5) is 71.2. The molecule has 56 heavy (non-hydrogen) atoms. The number of carbonyl (C=O) groups excluding carboxylic acids is 4. The highest BCUT2D eigenvalue weighted by molar-refractivity contribution is 5.87. The van der Waals surface area contributed by atoms with Gasteiger partial charge in [-0.05, 0) is 86.3 Å². The third-order valence-corrected chi connectivity index (χ3v) is 10.3. The van der Waals surface area contributed by atoms with Crippen molar-refractivity contribution in [3.63, 3.8) is 0 Å². The Morgan fingerprint density at radius 3 is 1.86 bits per heavy atom. The molecule has 0 radical (unpaired) electrons. The number of carbonyl (C=O) groups is 4. The number of imidazole rings is 2. The number of nitrogens with zero attached hydrogens (tertiary/aromatic N) is 4. The highest BCUT2D eigenvalue weighted by Gasteiger charge is 2.38. The minimum atomic E-state index is -0.674. The zero-order valence-corrected chi connectivity index (χ0v) is 33.0. The normalized spacial score (nSPS) is 17.8. The molecule has 0 saturated carbocycles. The molecule has 0 aliphatic carbocycles. The largest absolute Gasteiger partial charge is 0.453 e. The monoisotopic (exact) mass is 764 g/mol. The summed E-state index contributed by atoms with van der Waals surface area (Å²) in [7, 11) is 2.59. The van der Waals surface area contributed by atoms with Gasteiger partial charge in [0.1, 0.15) is 23.7 Å². The van der Waals surface area contributed by atoms with E-state index in [0.717, 1.165) is 59.1 Å². The molecule has 296 valence electrons. The predicted octanol–water partition coefficient (Wildman–Crippen LogP) is 6.22. The van der Waals surface area contributed by atoms with Crippen molar-refractivity contribution in [2.75, 3.05) is 27.3 Å². The Kier molecular flexibility index (Phi) is 12.6. The van der Waals surface area contributed by atoms with E-state index in [0.29, 0.717) is 37.6 Å². The molecule has 6 rings (SSSR count). The topological polar surface area (TPSA) is 175 Å². The number of methoxy groups -OCH3 is 2. The van der Waals surface area contributed by atoms with Gasteiger partial charge in [-0.25, -0.2) is 19.6 Å². The number of H-pyrrole nitrogens is 2. The maximum Gasteiger partial charge on any atom is 0.407 e. The quantitative estimate of drug-likeness (QED) is 0.130. The molecule has 2 aromatic heterocycles. The van der Waals surface area contributed by atoms with Crippen molar-refractivity contribution >= 4 is 35.0 Å². The first-order chi connectivity index (χ1) is 26.9. The molecule has 4 heterocycles. The zero-order chi connectivity index (χ0) is 39.9. The van der Waals surface area contributed by atoms with Crippen LogP contribution in [0.4, 0.5) is 9.59 Å². The Morgan fingerprint density at radius 2 is 1.30 bits per heavy atom. The maximum absolute atomic E-state index is 13.6. The van der Waals surface area contributed by atoms with E-state index in [-0.39, 0.29) is 35.7 Å². The summed E-state index contributed by atoms with van der Waals surface area (Å²) in [6.45, 7) is 9.25. The van der Waals surface area contributed by atoms with Crippen molar-refractivity contribution in [2.45, 2.75) is 90.4 Å². The molecule has 4 amide bonds. The lowest BCUT2D eigenvalue weighted by molar-refractivity contribution is -0.135. The van der Waals surface area contributed by atoms with Crippen LogP contribution in [0.1, 0.15) is 101 Å². The van der Waals surface area contributed by atoms with Gasteiger partial charge in [0.15, 0.2) is 0 Å². The van der Waals surface area contributed by atoms with Crippen LogP contribution in [0.25, 0.3) is 22.3 Å². The Labute approximate surface area is 327 Å². The zero-order valence-electron chi connectivity index (χ0n) is 33.0. The highest BCUT2D eigenvalue weighted by Crippen LogP contribution is 2.34. The van der Waals surface area contributed by atoms with E-state index in [1.165, 1.54) is 14.2 Å². The number of ether oxygens (including phenoxy) is 2. The van der Waals surface area contributed by atoms with Gasteiger partial charge in [0, 0.05) is 24.2 Å². The third kappa shape index (κ3) is 9.33. The Balaban J connectivity index is 1.12. The van der Waals surface area contributed by atoms with E-state index in [4.69, 9.17) is 14.5 Å². The van der Waals surface area contributed by atoms with Crippen molar-refractivity contribution in [1.29, 1.82) is 0 Å². The second-order valence-corrected chi connectivity index (χ2v) is 15.4. The fraction of sp³-hybridized carbons (Fsp3) is 0.476. The second kappa shape index (κ2) is 17.7. The van der Waals surface area contributed by atoms with E-state index in [1.807, 2.05) is 80.0 Å². The van der Waals surface area contributed by atoms with E-state index >= 15 is 0 Å². The van der Waals surface area contributed by atoms with Crippen LogP contribution in [-0.4, -0.2) is 93.1 Å². The van der Waals surface area contributed by atoms with Gasteiger partial charge in [0.05, 0.1) is 49.2 Å². The number of hydrogen-bond acceptors (Lipinski definition) is 8. The van der Waals surface area contributed by atoms with E-state index in [1.54, 1.807) is 6.20 Å². The number of fused-ring (bicyclic) bond motifs is 1. The van der Waals surface area contributed by atoms with Crippen LogP contribution < -0.4 is 10.6 Å². The molecule has 4 aromatic rings. The number of likely N-dealkylation sites (tertiary alicyclic amines) is 2. The third-order valence-electron chi connectivity index (χ3n) is 10.3. The number of amides is 4. The molecule has 2 saturated heterocycles. The minimum absolute atomic E-state index is 0.131. The van der Waals surface area contributed by atoms with Gasteiger partial charge in [-0.2, -0.15) is 0 Å². The van der Waals surface area contributed by atoms with Crippen LogP contribution in [0.5, 0.6) is 0 Å². The first-order valence-electron chi connectivity index (χ1n) is 19.4. The molecule has 2 fully saturated rings. The number of benzene rings is 2. The second-order valence-electron chi connectivity index (χ2n) is 15.4. The summed E-state index contributed by atoms with van der Waals surface area (Å²) in [5.41, 5.74) is 5.07. The smallest absolute Gasteiger partial charge is 0.407 e. The van der Waals surface area contributed by atoms with Gasteiger partial charge in [0.25, 0.3) is 0 Å². The summed E-state index contributed by atoms with van der Waals surface area (Å²) >= 11 is 0. The van der Waals surface area contributed by atoms with Crippen LogP contribution in [0, 0.1) is 23.7 Å². The van der Waals surface area contributed by atoms with Crippen molar-refractivity contribution in [3.05, 3.63) is 71.4 Å². The van der Waals surface area contributed by atoms with Crippen LogP contribution >= 0.6 is 0 Å². The standard InChI is InChI=1S/C42H52N8O6/c1-25(2)21-32(47-41(53)55-5)39(51)49-19-7-9-35(49)37-43-24-34(46-37)29-16-13-27(14-17-29)11-12-28-15-18-30-31(23-28)45-38(44-30)36-10-8-20-50(36)40(52)33(22-26(3)4)48-42(54)56-6/h13-18,23-26,32-33,35-36H,7-10,19-22H2,1-6H3,(H,43,46)(H,44,45)(H,47,53)(H,48,54). The summed E-state index contributed by atoms with van der Waals surface area (Å²) in [5.74, 6) is 8.10. The summed E-state index contributed by atoms with van der Waals surface area (Å²) in [6.07, 6.45) is 4.80. The Bertz CT molecular complexity index is 2090. The minimum Gasteiger partial charge on any atom is -0.453 e. The number of nitrogens with one attached hydrogen (secondary N) is 4. The Morgan fingerprint density at radius 1 is 0.768 bits per heavy atom. The van der Waals surface area contributed by atoms with Gasteiger partial charge in [-0.15, -0.1) is 0 Å². The predicted molar refractivity (Wildman–Crippen MR) is 211 cm³/mol. The maximum atomic E-state index is 13.6. The molecule has 14 heteroatoms. The van der Waals surface area contributed by atoms with E-state index in [2.05, 4.69) is 37.4 Å². The lowest BCUT2D eigenvalue weighted by atomic mass is 10.0. The molecule has 0 bridgehead atoms. The van der Waals surface area contributed by atoms with E-state index in [9.17, 15) is 19.2 Å². The van der Waals surface area contributed by atoms with Gasteiger partial charge in [-0.1, -0.05) is 51.7 Å². The molecule has 2 aliphatic heterocycles. The van der Waals surface area contributed by atoms with Crippen molar-refractivity contribution in [3.8, 4) is 23.1 Å². The number of alkyl carbamates (subject to hydrolysis) is 2. The van der Waals surface area contributed by atoms with Crippen LogP contribution in [0.15, 0.2) is 48.7 Å². The first-order valence-corrected chi connectivity index (χ1v) is 19.4. The first kappa shape index (κ1) is 39.8. The van der Waals surface area contributed by atoms with Gasteiger partial charge in [0.2, 0.25) is 11.8 Å². The molecule has 4 N–H and O–H groups in total. The lowest BCUT2D eigenvalue weighted by Crippen LogP contribution is -2.49. The molecule has 2 aliphatic rings. The lowest BCUT2D eigenvalue weighted by Gasteiger charge is -2.29. The van der Waals surface area contributed by atoms with Gasteiger partial charge < -0.3 is 39.9 Å². The van der Waals surface area contributed by atoms with Crippen molar-refractivity contribution in [1.82, 2.24) is 40.4 Å². The Hall–Kier alpha value is -5.84. The summed E-state index contributed by atoms with van der Waals surface area (Å²) in [5, 5.41) is 5.44. The average Bonchev–Trinajstić information content (AvgIpc) is 4.01. The SMILES string of the molecule is COC(=O)NC(CC(C)C)C(=O)N1CCCC1c1ncc(-c2ccc(C#Cc3ccc4nc(C5CCCN5C(=O)C(CC(C)C)NC(=O)OC)[nH]c4c3)cc2)[nH]1.